The molecule has 0 aromatic heterocycles. The molecule has 0 amide bonds. The fourth-order valence-corrected chi connectivity index (χ4v) is 3.41. The summed E-state index contributed by atoms with van der Waals surface area (Å²) in [7, 11) is 1.50. The summed E-state index contributed by atoms with van der Waals surface area (Å²) in [6.45, 7) is 7.27. The summed E-state index contributed by atoms with van der Waals surface area (Å²) in [5, 5.41) is 19.7. The van der Waals surface area contributed by atoms with E-state index in [9.17, 15) is 20.0 Å². The number of methoxy groups -OCH3 is 1. The lowest BCUT2D eigenvalue weighted by Crippen LogP contribution is -2.35. The maximum Gasteiger partial charge on any atom is 0.309 e. The molecule has 0 heterocycles. The number of esters is 1. The van der Waals surface area contributed by atoms with Gasteiger partial charge in [-0.3, -0.25) is 9.59 Å². The first-order valence-electron chi connectivity index (χ1n) is 9.23. The molecule has 1 aromatic rings. The molecule has 0 aliphatic carbocycles. The van der Waals surface area contributed by atoms with Gasteiger partial charge in [-0.2, -0.15) is 5.26 Å². The third kappa shape index (κ3) is 6.13. The highest BCUT2D eigenvalue weighted by Crippen LogP contribution is 2.42. The Morgan fingerprint density at radius 1 is 1.29 bits per heavy atom. The SMILES string of the molecule is COc1ccc(Cl)c(C(C#N)(CCC(=O)O)CC(C(=O)OC(C)C)C(C)C)c1. The number of halogens is 1. The van der Waals surface area contributed by atoms with Crippen molar-refractivity contribution in [3.63, 3.8) is 0 Å². The molecule has 0 bridgehead atoms. The van der Waals surface area contributed by atoms with Gasteiger partial charge in [0.2, 0.25) is 0 Å². The Hall–Kier alpha value is -2.26. The Morgan fingerprint density at radius 2 is 1.93 bits per heavy atom. The van der Waals surface area contributed by atoms with E-state index >= 15 is 0 Å². The van der Waals surface area contributed by atoms with E-state index in [-0.39, 0.29) is 31.3 Å². The highest BCUT2D eigenvalue weighted by Gasteiger charge is 2.41. The summed E-state index contributed by atoms with van der Waals surface area (Å²) in [6.07, 6.45) is -0.397. The Labute approximate surface area is 171 Å². The van der Waals surface area contributed by atoms with E-state index in [1.807, 2.05) is 13.8 Å². The van der Waals surface area contributed by atoms with Crippen LogP contribution in [0.15, 0.2) is 18.2 Å². The monoisotopic (exact) mass is 409 g/mol. The van der Waals surface area contributed by atoms with Crippen LogP contribution in [-0.2, 0) is 19.7 Å². The zero-order valence-electron chi connectivity index (χ0n) is 17.0. The number of hydrogen-bond donors (Lipinski definition) is 1. The molecule has 6 nitrogen and oxygen atoms in total. The predicted molar refractivity (Wildman–Crippen MR) is 106 cm³/mol. The largest absolute Gasteiger partial charge is 0.497 e. The van der Waals surface area contributed by atoms with Gasteiger partial charge in [0.1, 0.15) is 5.75 Å². The Morgan fingerprint density at radius 3 is 2.39 bits per heavy atom. The first-order chi connectivity index (χ1) is 13.1. The molecule has 7 heteroatoms. The first kappa shape index (κ1) is 23.8. The van der Waals surface area contributed by atoms with Crippen molar-refractivity contribution in [1.82, 2.24) is 0 Å². The lowest BCUT2D eigenvalue weighted by atomic mass is 9.69. The summed E-state index contributed by atoms with van der Waals surface area (Å²) in [6, 6.07) is 7.17. The molecule has 1 aromatic carbocycles. The van der Waals surface area contributed by atoms with Gasteiger partial charge in [0.05, 0.1) is 30.6 Å². The molecule has 0 fully saturated rings. The van der Waals surface area contributed by atoms with Crippen LogP contribution in [0.25, 0.3) is 0 Å². The third-order valence-electron chi connectivity index (χ3n) is 4.70. The maximum atomic E-state index is 12.7. The fraction of sp³-hybridized carbons (Fsp3) is 0.571. The van der Waals surface area contributed by atoms with Crippen molar-refractivity contribution >= 4 is 23.5 Å². The lowest BCUT2D eigenvalue weighted by Gasteiger charge is -2.33. The van der Waals surface area contributed by atoms with Gasteiger partial charge in [-0.1, -0.05) is 25.4 Å². The van der Waals surface area contributed by atoms with Crippen LogP contribution in [0.5, 0.6) is 5.75 Å². The van der Waals surface area contributed by atoms with E-state index in [1.165, 1.54) is 7.11 Å². The van der Waals surface area contributed by atoms with Gasteiger partial charge in [-0.25, -0.2) is 0 Å². The normalized spacial score (nSPS) is 14.2. The van der Waals surface area contributed by atoms with Gasteiger partial charge in [0.15, 0.2) is 0 Å². The van der Waals surface area contributed by atoms with Crippen molar-refractivity contribution in [2.24, 2.45) is 11.8 Å². The highest BCUT2D eigenvalue weighted by atomic mass is 35.5. The number of ether oxygens (including phenoxy) is 2. The first-order valence-corrected chi connectivity index (χ1v) is 9.61. The highest BCUT2D eigenvalue weighted by molar-refractivity contribution is 6.31. The smallest absolute Gasteiger partial charge is 0.309 e. The second-order valence-corrected chi connectivity index (χ2v) is 7.88. The van der Waals surface area contributed by atoms with Gasteiger partial charge in [-0.15, -0.1) is 0 Å². The van der Waals surface area contributed by atoms with Crippen LogP contribution in [0, 0.1) is 23.2 Å². The number of nitriles is 1. The van der Waals surface area contributed by atoms with Gasteiger partial charge >= 0.3 is 11.9 Å². The average Bonchev–Trinajstić information content (AvgIpc) is 2.62. The molecule has 0 radical (unpaired) electrons. The number of carbonyl (C=O) groups excluding carboxylic acids is 1. The summed E-state index contributed by atoms with van der Waals surface area (Å²) < 4.78 is 10.6. The van der Waals surface area contributed by atoms with Gasteiger partial charge < -0.3 is 14.6 Å². The van der Waals surface area contributed by atoms with Crippen LogP contribution in [0.1, 0.15) is 52.5 Å². The Balaban J connectivity index is 3.47. The number of aliphatic carboxylic acids is 1. The quantitative estimate of drug-likeness (QED) is 0.567. The van der Waals surface area contributed by atoms with Crippen LogP contribution >= 0.6 is 11.6 Å². The second-order valence-electron chi connectivity index (χ2n) is 7.47. The number of carboxylic acid groups (broad SMARTS) is 1. The van der Waals surface area contributed by atoms with Crippen molar-refractivity contribution in [3.05, 3.63) is 28.8 Å². The van der Waals surface area contributed by atoms with Crippen molar-refractivity contribution < 1.29 is 24.2 Å². The molecule has 2 atom stereocenters. The summed E-state index contributed by atoms with van der Waals surface area (Å²) in [4.78, 5) is 23.9. The van der Waals surface area contributed by atoms with Crippen LogP contribution < -0.4 is 4.74 Å². The zero-order valence-corrected chi connectivity index (χ0v) is 17.7. The van der Waals surface area contributed by atoms with E-state index < -0.39 is 23.3 Å². The number of nitrogens with zero attached hydrogens (tertiary/aromatic N) is 1. The molecule has 0 spiro atoms. The number of hydrogen-bond acceptors (Lipinski definition) is 5. The maximum absolute atomic E-state index is 12.7. The van der Waals surface area contributed by atoms with Crippen molar-refractivity contribution in [2.75, 3.05) is 7.11 Å². The van der Waals surface area contributed by atoms with Gasteiger partial charge in [-0.05, 0) is 56.4 Å². The van der Waals surface area contributed by atoms with Crippen LogP contribution in [0.2, 0.25) is 5.02 Å². The average molecular weight is 410 g/mol. The minimum absolute atomic E-state index is 0.0178. The van der Waals surface area contributed by atoms with Crippen molar-refractivity contribution in [2.45, 2.75) is 58.5 Å². The molecule has 1 rings (SSSR count). The topological polar surface area (TPSA) is 96.6 Å². The molecule has 2 unspecified atom stereocenters. The number of carboxylic acids is 1. The van der Waals surface area contributed by atoms with E-state index in [1.54, 1.807) is 32.0 Å². The van der Waals surface area contributed by atoms with E-state index in [2.05, 4.69) is 6.07 Å². The molecular formula is C21H28ClNO5. The van der Waals surface area contributed by atoms with E-state index in [0.29, 0.717) is 16.3 Å². The zero-order chi connectivity index (χ0) is 21.5. The van der Waals surface area contributed by atoms with Gasteiger partial charge in [0, 0.05) is 11.4 Å². The van der Waals surface area contributed by atoms with Crippen molar-refractivity contribution in [1.29, 1.82) is 5.26 Å². The fourth-order valence-electron chi connectivity index (χ4n) is 3.11. The second kappa shape index (κ2) is 10.3. The van der Waals surface area contributed by atoms with Crippen LogP contribution in [-0.4, -0.2) is 30.3 Å². The molecule has 0 aliphatic rings. The number of benzene rings is 1. The molecule has 0 saturated carbocycles. The standard InChI is InChI=1S/C21H28ClNO5/c1-13(2)16(20(26)28-14(3)4)11-21(12-23,9-8-19(24)25)17-10-15(27-5)6-7-18(17)22/h6-7,10,13-14,16H,8-9,11H2,1-5H3,(H,24,25). The summed E-state index contributed by atoms with van der Waals surface area (Å²) >= 11 is 6.39. The number of carbonyl (C=O) groups is 2. The van der Waals surface area contributed by atoms with Crippen LogP contribution in [0.3, 0.4) is 0 Å². The van der Waals surface area contributed by atoms with Crippen molar-refractivity contribution in [3.8, 4) is 11.8 Å². The minimum atomic E-state index is -1.27. The molecule has 1 N–H and O–H groups in total. The lowest BCUT2D eigenvalue weighted by molar-refractivity contribution is -0.154. The Bertz CT molecular complexity index is 741. The summed E-state index contributed by atoms with van der Waals surface area (Å²) in [5.74, 6) is -1.62. The molecule has 0 aliphatic heterocycles. The molecule has 154 valence electrons. The number of rotatable bonds is 10. The van der Waals surface area contributed by atoms with Crippen LogP contribution in [0.4, 0.5) is 0 Å². The molecular weight excluding hydrogens is 382 g/mol. The van der Waals surface area contributed by atoms with E-state index in [4.69, 9.17) is 21.1 Å². The minimum Gasteiger partial charge on any atom is -0.497 e. The van der Waals surface area contributed by atoms with E-state index in [0.717, 1.165) is 0 Å². The summed E-state index contributed by atoms with van der Waals surface area (Å²) in [5.41, 5.74) is -0.810. The third-order valence-corrected chi connectivity index (χ3v) is 5.03. The molecule has 0 saturated heterocycles. The predicted octanol–water partition coefficient (Wildman–Crippen LogP) is 4.59. The molecule has 28 heavy (non-hydrogen) atoms. The Kier molecular flexibility index (Phi) is 8.77. The van der Waals surface area contributed by atoms with Gasteiger partial charge in [0.25, 0.3) is 0 Å².